The van der Waals surface area contributed by atoms with Crippen molar-refractivity contribution in [2.45, 2.75) is 6.42 Å². The minimum Gasteiger partial charge on any atom is -0.497 e. The van der Waals surface area contributed by atoms with Gasteiger partial charge in [0, 0.05) is 23.7 Å². The van der Waals surface area contributed by atoms with Crippen LogP contribution >= 0.6 is 0 Å². The van der Waals surface area contributed by atoms with Crippen molar-refractivity contribution in [1.29, 1.82) is 0 Å². The number of fused-ring (bicyclic) bond motifs is 5. The molecule has 0 atom stereocenters. The molecule has 0 bridgehead atoms. The Labute approximate surface area is 146 Å². The Kier molecular flexibility index (Phi) is 3.07. The summed E-state index contributed by atoms with van der Waals surface area (Å²) in [5, 5.41) is 0. The number of ether oxygens (including phenoxy) is 1. The molecule has 1 aliphatic rings. The van der Waals surface area contributed by atoms with Crippen molar-refractivity contribution in [3.8, 4) is 28.1 Å². The topological polar surface area (TPSA) is 35.0 Å². The Hall–Kier alpha value is -3.20. The van der Waals surface area contributed by atoms with Crippen LogP contribution in [0.15, 0.2) is 66.9 Å². The minimum absolute atomic E-state index is 0.842. The van der Waals surface area contributed by atoms with E-state index in [4.69, 9.17) is 9.72 Å². The van der Waals surface area contributed by atoms with Gasteiger partial charge in [0.25, 0.3) is 0 Å². The van der Waals surface area contributed by atoms with E-state index in [1.165, 1.54) is 22.3 Å². The van der Waals surface area contributed by atoms with Crippen LogP contribution in [0.2, 0.25) is 0 Å². The first kappa shape index (κ1) is 14.2. The molecular formula is C22H16N2O. The zero-order valence-corrected chi connectivity index (χ0v) is 13.9. The molecular weight excluding hydrogens is 308 g/mol. The van der Waals surface area contributed by atoms with Gasteiger partial charge in [0.05, 0.1) is 23.8 Å². The molecule has 2 aromatic heterocycles. The predicted octanol–water partition coefficient (Wildman–Crippen LogP) is 4.88. The number of methoxy groups -OCH3 is 1. The molecule has 0 unspecified atom stereocenters. The van der Waals surface area contributed by atoms with Gasteiger partial charge in [-0.3, -0.25) is 4.98 Å². The number of hydrogen-bond donors (Lipinski definition) is 0. The Bertz CT molecular complexity index is 1120. The maximum atomic E-state index is 5.40. The molecule has 4 aromatic rings. The third-order valence-electron chi connectivity index (χ3n) is 4.84. The fraction of sp³-hybridized carbons (Fsp3) is 0.0909. The van der Waals surface area contributed by atoms with Crippen LogP contribution in [0.1, 0.15) is 11.1 Å². The first-order valence-corrected chi connectivity index (χ1v) is 8.35. The van der Waals surface area contributed by atoms with E-state index in [2.05, 4.69) is 35.3 Å². The van der Waals surface area contributed by atoms with Crippen molar-refractivity contribution in [2.75, 3.05) is 7.11 Å². The number of hydrogen-bond acceptors (Lipinski definition) is 3. The van der Waals surface area contributed by atoms with Crippen LogP contribution in [0.3, 0.4) is 0 Å². The standard InChI is InChI=1S/C22H16N2O/c1-25-16-8-4-7-15(12-16)21-18-13-14-6-2-3-9-17(14)20(18)22-19(24-21)10-5-11-23-22/h2-12H,13H2,1H3. The summed E-state index contributed by atoms with van der Waals surface area (Å²) in [4.78, 5) is 9.59. The van der Waals surface area contributed by atoms with Gasteiger partial charge < -0.3 is 4.74 Å². The Balaban J connectivity index is 1.86. The van der Waals surface area contributed by atoms with E-state index in [1.807, 2.05) is 36.5 Å². The summed E-state index contributed by atoms with van der Waals surface area (Å²) in [5.74, 6) is 0.842. The van der Waals surface area contributed by atoms with E-state index in [1.54, 1.807) is 7.11 Å². The van der Waals surface area contributed by atoms with Crippen molar-refractivity contribution in [3.05, 3.63) is 78.0 Å². The lowest BCUT2D eigenvalue weighted by Crippen LogP contribution is -1.96. The maximum Gasteiger partial charge on any atom is 0.119 e. The van der Waals surface area contributed by atoms with E-state index in [0.29, 0.717) is 0 Å². The second-order valence-electron chi connectivity index (χ2n) is 6.25. The minimum atomic E-state index is 0.842. The van der Waals surface area contributed by atoms with E-state index in [9.17, 15) is 0 Å². The van der Waals surface area contributed by atoms with Crippen LogP contribution in [0, 0.1) is 0 Å². The maximum absolute atomic E-state index is 5.40. The quantitative estimate of drug-likeness (QED) is 0.464. The van der Waals surface area contributed by atoms with Crippen molar-refractivity contribution >= 4 is 11.0 Å². The fourth-order valence-corrected chi connectivity index (χ4v) is 3.71. The van der Waals surface area contributed by atoms with Crippen LogP contribution in [0.4, 0.5) is 0 Å². The van der Waals surface area contributed by atoms with Gasteiger partial charge in [-0.15, -0.1) is 0 Å². The van der Waals surface area contributed by atoms with E-state index < -0.39 is 0 Å². The number of rotatable bonds is 2. The monoisotopic (exact) mass is 324 g/mol. The molecule has 0 amide bonds. The summed E-state index contributed by atoms with van der Waals surface area (Å²) in [6.07, 6.45) is 2.73. The van der Waals surface area contributed by atoms with Crippen LogP contribution in [0.25, 0.3) is 33.4 Å². The highest BCUT2D eigenvalue weighted by molar-refractivity contribution is 5.99. The first-order valence-electron chi connectivity index (χ1n) is 8.35. The molecule has 0 saturated heterocycles. The van der Waals surface area contributed by atoms with Crippen LogP contribution in [-0.2, 0) is 6.42 Å². The van der Waals surface area contributed by atoms with Crippen molar-refractivity contribution < 1.29 is 4.74 Å². The number of pyridine rings is 2. The molecule has 2 heterocycles. The SMILES string of the molecule is COc1cccc(-c2nc3cccnc3c3c2Cc2ccccc2-3)c1. The molecule has 3 nitrogen and oxygen atoms in total. The number of benzene rings is 2. The Morgan fingerprint density at radius 3 is 2.80 bits per heavy atom. The molecule has 0 fully saturated rings. The van der Waals surface area contributed by atoms with Crippen LogP contribution in [-0.4, -0.2) is 17.1 Å². The first-order chi connectivity index (χ1) is 12.3. The summed E-state index contributed by atoms with van der Waals surface area (Å²) in [5.41, 5.74) is 9.08. The van der Waals surface area contributed by atoms with E-state index >= 15 is 0 Å². The largest absolute Gasteiger partial charge is 0.497 e. The molecule has 0 saturated carbocycles. The average Bonchev–Trinajstić information content (AvgIpc) is 3.07. The summed E-state index contributed by atoms with van der Waals surface area (Å²) in [6.45, 7) is 0. The van der Waals surface area contributed by atoms with Crippen molar-refractivity contribution in [3.63, 3.8) is 0 Å². The van der Waals surface area contributed by atoms with Crippen LogP contribution < -0.4 is 4.74 Å². The summed E-state index contributed by atoms with van der Waals surface area (Å²) in [7, 11) is 1.69. The molecule has 1 aliphatic carbocycles. The molecule has 0 N–H and O–H groups in total. The number of aromatic nitrogens is 2. The molecule has 25 heavy (non-hydrogen) atoms. The molecule has 0 aliphatic heterocycles. The van der Waals surface area contributed by atoms with Gasteiger partial charge in [-0.2, -0.15) is 0 Å². The average molecular weight is 324 g/mol. The fourth-order valence-electron chi connectivity index (χ4n) is 3.71. The highest BCUT2D eigenvalue weighted by Crippen LogP contribution is 2.44. The lowest BCUT2D eigenvalue weighted by atomic mass is 9.99. The second-order valence-corrected chi connectivity index (χ2v) is 6.25. The van der Waals surface area contributed by atoms with E-state index in [-0.39, 0.29) is 0 Å². The number of nitrogens with zero attached hydrogens (tertiary/aromatic N) is 2. The van der Waals surface area contributed by atoms with Gasteiger partial charge >= 0.3 is 0 Å². The zero-order chi connectivity index (χ0) is 16.8. The van der Waals surface area contributed by atoms with E-state index in [0.717, 1.165) is 34.5 Å². The molecule has 0 radical (unpaired) electrons. The lowest BCUT2D eigenvalue weighted by molar-refractivity contribution is 0.415. The van der Waals surface area contributed by atoms with Crippen molar-refractivity contribution in [2.24, 2.45) is 0 Å². The van der Waals surface area contributed by atoms with Crippen molar-refractivity contribution in [1.82, 2.24) is 9.97 Å². The van der Waals surface area contributed by atoms with Crippen LogP contribution in [0.5, 0.6) is 5.75 Å². The van der Waals surface area contributed by atoms with Gasteiger partial charge in [-0.1, -0.05) is 36.4 Å². The predicted molar refractivity (Wildman–Crippen MR) is 99.8 cm³/mol. The van der Waals surface area contributed by atoms with Gasteiger partial charge in [0.2, 0.25) is 0 Å². The molecule has 120 valence electrons. The van der Waals surface area contributed by atoms with Gasteiger partial charge in [-0.05, 0) is 41.0 Å². The smallest absolute Gasteiger partial charge is 0.119 e. The van der Waals surface area contributed by atoms with Gasteiger partial charge in [0.1, 0.15) is 5.75 Å². The highest BCUT2D eigenvalue weighted by Gasteiger charge is 2.26. The molecule has 5 rings (SSSR count). The summed E-state index contributed by atoms with van der Waals surface area (Å²) < 4.78 is 5.40. The van der Waals surface area contributed by atoms with Gasteiger partial charge in [-0.25, -0.2) is 4.98 Å². The third-order valence-corrected chi connectivity index (χ3v) is 4.84. The molecule has 2 aromatic carbocycles. The second kappa shape index (κ2) is 5.42. The lowest BCUT2D eigenvalue weighted by Gasteiger charge is -2.12. The normalized spacial score (nSPS) is 12.0. The Morgan fingerprint density at radius 2 is 1.88 bits per heavy atom. The molecule has 3 heteroatoms. The van der Waals surface area contributed by atoms with Gasteiger partial charge in [0.15, 0.2) is 0 Å². The third kappa shape index (κ3) is 2.13. The molecule has 0 spiro atoms. The summed E-state index contributed by atoms with van der Waals surface area (Å²) in [6, 6.07) is 20.7. The summed E-state index contributed by atoms with van der Waals surface area (Å²) >= 11 is 0. The highest BCUT2D eigenvalue weighted by atomic mass is 16.5. The Morgan fingerprint density at radius 1 is 0.960 bits per heavy atom. The zero-order valence-electron chi connectivity index (χ0n) is 13.9.